The van der Waals surface area contributed by atoms with E-state index < -0.39 is 0 Å². The maximum atomic E-state index is 4.62. The lowest BCUT2D eigenvalue weighted by Gasteiger charge is -2.09. The first-order valence-electron chi connectivity index (χ1n) is 7.11. The van der Waals surface area contributed by atoms with E-state index in [0.717, 1.165) is 11.3 Å². The molecule has 110 valence electrons. The summed E-state index contributed by atoms with van der Waals surface area (Å²) in [4.78, 5) is 21.8. The van der Waals surface area contributed by atoms with Gasteiger partial charge in [-0.1, -0.05) is 30.3 Å². The lowest BCUT2D eigenvalue weighted by molar-refractivity contribution is 1.15. The van der Waals surface area contributed by atoms with Crippen LogP contribution in [0.25, 0.3) is 22.6 Å². The van der Waals surface area contributed by atoms with E-state index in [-0.39, 0.29) is 0 Å². The zero-order chi connectivity index (χ0) is 15.5. The minimum Gasteiger partial charge on any atom is -0.338 e. The van der Waals surface area contributed by atoms with Gasteiger partial charge in [-0.3, -0.25) is 4.98 Å². The number of fused-ring (bicyclic) bond motifs is 1. The fourth-order valence-corrected chi connectivity index (χ4v) is 2.24. The molecule has 0 fully saturated rings. The van der Waals surface area contributed by atoms with Crippen LogP contribution in [0.15, 0.2) is 67.3 Å². The highest BCUT2D eigenvalue weighted by molar-refractivity contribution is 5.86. The van der Waals surface area contributed by atoms with Crippen molar-refractivity contribution in [3.8, 4) is 11.4 Å². The van der Waals surface area contributed by atoms with E-state index in [1.54, 1.807) is 24.8 Å². The molecule has 0 bridgehead atoms. The Hall–Kier alpha value is -3.41. The summed E-state index contributed by atoms with van der Waals surface area (Å²) in [5.41, 5.74) is 2.99. The molecule has 0 saturated heterocycles. The highest BCUT2D eigenvalue weighted by Crippen LogP contribution is 2.24. The van der Waals surface area contributed by atoms with E-state index in [0.29, 0.717) is 22.8 Å². The summed E-state index contributed by atoms with van der Waals surface area (Å²) < 4.78 is 0. The summed E-state index contributed by atoms with van der Waals surface area (Å²) in [5, 5.41) is 3.26. The molecule has 0 spiro atoms. The smallest absolute Gasteiger partial charge is 0.184 e. The van der Waals surface area contributed by atoms with Crippen LogP contribution in [0.3, 0.4) is 0 Å². The van der Waals surface area contributed by atoms with E-state index >= 15 is 0 Å². The van der Waals surface area contributed by atoms with Crippen molar-refractivity contribution in [1.29, 1.82) is 0 Å². The van der Waals surface area contributed by atoms with Gasteiger partial charge in [0.1, 0.15) is 0 Å². The van der Waals surface area contributed by atoms with Crippen LogP contribution >= 0.6 is 0 Å². The Morgan fingerprint density at radius 2 is 1.52 bits per heavy atom. The lowest BCUT2D eigenvalue weighted by Crippen LogP contribution is -2.01. The number of nitrogens with one attached hydrogen (secondary N) is 1. The summed E-state index contributed by atoms with van der Waals surface area (Å²) in [7, 11) is 0. The summed E-state index contributed by atoms with van der Waals surface area (Å²) in [5.74, 6) is 1.23. The van der Waals surface area contributed by atoms with Gasteiger partial charge in [0, 0.05) is 36.0 Å². The van der Waals surface area contributed by atoms with Crippen LogP contribution in [-0.2, 0) is 0 Å². The van der Waals surface area contributed by atoms with Crippen molar-refractivity contribution < 1.29 is 0 Å². The molecule has 0 unspecified atom stereocenters. The first kappa shape index (κ1) is 13.3. The Morgan fingerprint density at radius 3 is 2.35 bits per heavy atom. The van der Waals surface area contributed by atoms with E-state index in [4.69, 9.17) is 0 Å². The van der Waals surface area contributed by atoms with Crippen LogP contribution < -0.4 is 5.32 Å². The topological polar surface area (TPSA) is 76.5 Å². The second-order valence-corrected chi connectivity index (χ2v) is 4.85. The Bertz CT molecular complexity index is 941. The zero-order valence-corrected chi connectivity index (χ0v) is 12.1. The molecule has 6 nitrogen and oxygen atoms in total. The van der Waals surface area contributed by atoms with Crippen molar-refractivity contribution in [3.05, 3.63) is 67.3 Å². The second-order valence-electron chi connectivity index (χ2n) is 4.85. The molecule has 3 heterocycles. The van der Waals surface area contributed by atoms with E-state index in [1.807, 2.05) is 42.5 Å². The van der Waals surface area contributed by atoms with Crippen LogP contribution in [0, 0.1) is 0 Å². The number of aromatic nitrogens is 5. The van der Waals surface area contributed by atoms with Gasteiger partial charge in [-0.05, 0) is 12.1 Å². The van der Waals surface area contributed by atoms with Crippen LogP contribution in [0.4, 0.5) is 11.5 Å². The average molecular weight is 300 g/mol. The van der Waals surface area contributed by atoms with Gasteiger partial charge in [-0.25, -0.2) is 19.9 Å². The van der Waals surface area contributed by atoms with Crippen LogP contribution in [0.5, 0.6) is 0 Å². The highest BCUT2D eigenvalue weighted by Gasteiger charge is 2.11. The molecule has 0 radical (unpaired) electrons. The second kappa shape index (κ2) is 5.76. The molecular formula is C17H12N6. The van der Waals surface area contributed by atoms with Crippen molar-refractivity contribution in [1.82, 2.24) is 24.9 Å². The molecule has 0 aliphatic carbocycles. The Labute approximate surface area is 132 Å². The highest BCUT2D eigenvalue weighted by atomic mass is 15.1. The van der Waals surface area contributed by atoms with Gasteiger partial charge in [0.05, 0.1) is 0 Å². The van der Waals surface area contributed by atoms with Gasteiger partial charge in [0.15, 0.2) is 22.8 Å². The van der Waals surface area contributed by atoms with Crippen molar-refractivity contribution in [2.24, 2.45) is 0 Å². The lowest BCUT2D eigenvalue weighted by atomic mass is 10.2. The van der Waals surface area contributed by atoms with Crippen LogP contribution in [0.2, 0.25) is 0 Å². The van der Waals surface area contributed by atoms with Gasteiger partial charge in [0.2, 0.25) is 0 Å². The number of nitrogens with zero attached hydrogens (tertiary/aromatic N) is 5. The molecule has 4 aromatic rings. The van der Waals surface area contributed by atoms with Crippen LogP contribution in [0.1, 0.15) is 0 Å². The third-order valence-electron chi connectivity index (χ3n) is 3.31. The monoisotopic (exact) mass is 300 g/mol. The molecule has 3 aromatic heterocycles. The van der Waals surface area contributed by atoms with Crippen molar-refractivity contribution in [2.45, 2.75) is 0 Å². The Morgan fingerprint density at radius 1 is 0.739 bits per heavy atom. The number of anilines is 2. The number of hydrogen-bond acceptors (Lipinski definition) is 6. The molecule has 0 saturated carbocycles. The van der Waals surface area contributed by atoms with Gasteiger partial charge in [-0.15, -0.1) is 0 Å². The van der Waals surface area contributed by atoms with Crippen molar-refractivity contribution in [3.63, 3.8) is 0 Å². The molecule has 0 amide bonds. The maximum Gasteiger partial charge on any atom is 0.184 e. The molecule has 1 aromatic carbocycles. The summed E-state index contributed by atoms with van der Waals surface area (Å²) >= 11 is 0. The molecule has 1 N–H and O–H groups in total. The van der Waals surface area contributed by atoms with Crippen LogP contribution in [-0.4, -0.2) is 24.9 Å². The summed E-state index contributed by atoms with van der Waals surface area (Å²) in [6.07, 6.45) is 6.69. The SMILES string of the molecule is c1ccc(-c2nc(Nc3ccncc3)c3nccnc3n2)cc1. The normalized spacial score (nSPS) is 10.6. The standard InChI is InChI=1S/C17H12N6/c1-2-4-12(5-3-1)15-22-16-14(19-10-11-20-16)17(23-15)21-13-6-8-18-9-7-13/h1-11H,(H,18,20,21,22,23). The fourth-order valence-electron chi connectivity index (χ4n) is 2.24. The van der Waals surface area contributed by atoms with E-state index in [9.17, 15) is 0 Å². The molecule has 0 aliphatic rings. The molecule has 0 aliphatic heterocycles. The third-order valence-corrected chi connectivity index (χ3v) is 3.31. The maximum absolute atomic E-state index is 4.62. The average Bonchev–Trinajstić information content (AvgIpc) is 2.63. The first-order chi connectivity index (χ1) is 11.4. The molecule has 4 rings (SSSR count). The number of hydrogen-bond donors (Lipinski definition) is 1. The van der Waals surface area contributed by atoms with Gasteiger partial charge < -0.3 is 5.32 Å². The van der Waals surface area contributed by atoms with Gasteiger partial charge in [0.25, 0.3) is 0 Å². The summed E-state index contributed by atoms with van der Waals surface area (Å²) in [6.45, 7) is 0. The third kappa shape index (κ3) is 2.69. The summed E-state index contributed by atoms with van der Waals surface area (Å²) in [6, 6.07) is 13.5. The number of pyridine rings is 1. The van der Waals surface area contributed by atoms with E-state index in [2.05, 4.69) is 30.2 Å². The predicted octanol–water partition coefficient (Wildman–Crippen LogP) is 3.23. The Balaban J connectivity index is 1.87. The molecule has 0 atom stereocenters. The van der Waals surface area contributed by atoms with Gasteiger partial charge in [-0.2, -0.15) is 0 Å². The first-order valence-corrected chi connectivity index (χ1v) is 7.11. The number of rotatable bonds is 3. The minimum atomic E-state index is 0.554. The fraction of sp³-hybridized carbons (Fsp3) is 0. The molecular weight excluding hydrogens is 288 g/mol. The largest absolute Gasteiger partial charge is 0.338 e. The predicted molar refractivity (Wildman–Crippen MR) is 88.1 cm³/mol. The molecule has 23 heavy (non-hydrogen) atoms. The Kier molecular flexibility index (Phi) is 3.32. The van der Waals surface area contributed by atoms with Crippen molar-refractivity contribution in [2.75, 3.05) is 5.32 Å². The quantitative estimate of drug-likeness (QED) is 0.626. The van der Waals surface area contributed by atoms with Crippen molar-refractivity contribution >= 4 is 22.7 Å². The zero-order valence-electron chi connectivity index (χ0n) is 12.1. The minimum absolute atomic E-state index is 0.554. The number of benzene rings is 1. The molecule has 6 heteroatoms. The van der Waals surface area contributed by atoms with E-state index in [1.165, 1.54) is 0 Å². The van der Waals surface area contributed by atoms with Gasteiger partial charge >= 0.3 is 0 Å².